The fourth-order valence-electron chi connectivity index (χ4n) is 5.80. The minimum absolute atomic E-state index is 0.0308. The summed E-state index contributed by atoms with van der Waals surface area (Å²) in [6.07, 6.45) is 1.59. The molecule has 2 aromatic rings. The second-order valence-corrected chi connectivity index (χ2v) is 9.92. The second kappa shape index (κ2) is 7.02. The van der Waals surface area contributed by atoms with Crippen molar-refractivity contribution in [3.63, 3.8) is 0 Å². The highest BCUT2D eigenvalue weighted by atomic mass is 16.6. The quantitative estimate of drug-likeness (QED) is 0.726. The average Bonchev–Trinajstić information content (AvgIpc) is 3.05. The SMILES string of the molecule is CNCNC(=O)Oc1ccc2c(c1)C1(CC(C)(C)c3ccc(OC)cc31)CC2(C)C. The van der Waals surface area contributed by atoms with Gasteiger partial charge in [0.25, 0.3) is 0 Å². The fraction of sp³-hybridized carbons (Fsp3) is 0.480. The molecule has 0 fully saturated rings. The van der Waals surface area contributed by atoms with Gasteiger partial charge in [0.2, 0.25) is 0 Å². The summed E-state index contributed by atoms with van der Waals surface area (Å²) in [6, 6.07) is 12.6. The number of hydrogen-bond acceptors (Lipinski definition) is 4. The molecule has 30 heavy (non-hydrogen) atoms. The summed E-state index contributed by atoms with van der Waals surface area (Å²) < 4.78 is 11.2. The second-order valence-electron chi connectivity index (χ2n) is 9.92. The minimum atomic E-state index is -0.454. The van der Waals surface area contributed by atoms with E-state index in [2.05, 4.69) is 68.7 Å². The zero-order chi connectivity index (χ0) is 21.7. The van der Waals surface area contributed by atoms with E-state index in [1.54, 1.807) is 14.2 Å². The smallest absolute Gasteiger partial charge is 0.413 e. The van der Waals surface area contributed by atoms with Crippen molar-refractivity contribution in [2.75, 3.05) is 20.8 Å². The minimum Gasteiger partial charge on any atom is -0.497 e. The van der Waals surface area contributed by atoms with Crippen LogP contribution in [0.5, 0.6) is 11.5 Å². The van der Waals surface area contributed by atoms with Crippen LogP contribution in [0.3, 0.4) is 0 Å². The van der Waals surface area contributed by atoms with Crippen molar-refractivity contribution >= 4 is 6.09 Å². The van der Waals surface area contributed by atoms with Gasteiger partial charge in [-0.1, -0.05) is 39.8 Å². The van der Waals surface area contributed by atoms with Crippen molar-refractivity contribution in [2.24, 2.45) is 0 Å². The first-order valence-corrected chi connectivity index (χ1v) is 10.6. The topological polar surface area (TPSA) is 59.6 Å². The van der Waals surface area contributed by atoms with E-state index >= 15 is 0 Å². The molecule has 5 nitrogen and oxygen atoms in total. The number of amides is 1. The molecule has 1 spiro atoms. The normalized spacial score (nSPS) is 22.5. The van der Waals surface area contributed by atoms with Crippen LogP contribution < -0.4 is 20.1 Å². The van der Waals surface area contributed by atoms with Gasteiger partial charge in [-0.05, 0) is 77.2 Å². The van der Waals surface area contributed by atoms with Gasteiger partial charge < -0.3 is 20.1 Å². The van der Waals surface area contributed by atoms with E-state index in [9.17, 15) is 4.79 Å². The lowest BCUT2D eigenvalue weighted by molar-refractivity contribution is 0.200. The Morgan fingerprint density at radius 3 is 1.97 bits per heavy atom. The van der Waals surface area contributed by atoms with E-state index in [0.717, 1.165) is 18.6 Å². The van der Waals surface area contributed by atoms with Crippen LogP contribution in [0.15, 0.2) is 36.4 Å². The molecular weight excluding hydrogens is 376 g/mol. The molecule has 2 aromatic carbocycles. The van der Waals surface area contributed by atoms with Crippen molar-refractivity contribution in [3.8, 4) is 11.5 Å². The molecule has 0 saturated carbocycles. The lowest BCUT2D eigenvalue weighted by atomic mass is 9.72. The molecule has 0 aliphatic heterocycles. The molecule has 1 amide bonds. The van der Waals surface area contributed by atoms with E-state index in [1.807, 2.05) is 6.07 Å². The summed E-state index contributed by atoms with van der Waals surface area (Å²) in [5, 5.41) is 5.56. The van der Waals surface area contributed by atoms with Crippen molar-refractivity contribution in [2.45, 2.75) is 56.8 Å². The standard InChI is InChI=1S/C25H32N2O3/c1-23(2)13-25(20-11-16(29-6)7-9-18(20)23)14-24(3,4)19-10-8-17(12-21(19)25)30-22(28)27-15-26-5/h7-12,26H,13-15H2,1-6H3,(H,27,28). The summed E-state index contributed by atoms with van der Waals surface area (Å²) >= 11 is 0. The Morgan fingerprint density at radius 2 is 1.43 bits per heavy atom. The highest BCUT2D eigenvalue weighted by Crippen LogP contribution is 2.63. The van der Waals surface area contributed by atoms with Gasteiger partial charge in [0.15, 0.2) is 0 Å². The highest BCUT2D eigenvalue weighted by Gasteiger charge is 2.56. The number of nitrogens with one attached hydrogen (secondary N) is 2. The Bertz CT molecular complexity index is 992. The third-order valence-corrected chi connectivity index (χ3v) is 6.81. The van der Waals surface area contributed by atoms with Crippen LogP contribution in [0.1, 0.15) is 62.8 Å². The van der Waals surface area contributed by atoms with Gasteiger partial charge in [-0.3, -0.25) is 0 Å². The summed E-state index contributed by atoms with van der Waals surface area (Å²) in [7, 11) is 3.49. The van der Waals surface area contributed by atoms with Crippen LogP contribution in [0, 0.1) is 0 Å². The monoisotopic (exact) mass is 408 g/mol. The summed E-state index contributed by atoms with van der Waals surface area (Å²) in [5.41, 5.74) is 5.29. The molecule has 2 aliphatic carbocycles. The summed E-state index contributed by atoms with van der Waals surface area (Å²) in [6.45, 7) is 9.63. The van der Waals surface area contributed by atoms with E-state index in [1.165, 1.54) is 22.3 Å². The van der Waals surface area contributed by atoms with Crippen LogP contribution in [-0.2, 0) is 16.2 Å². The van der Waals surface area contributed by atoms with Gasteiger partial charge in [0.1, 0.15) is 11.5 Å². The van der Waals surface area contributed by atoms with E-state index in [4.69, 9.17) is 9.47 Å². The maximum Gasteiger partial charge on any atom is 0.413 e. The van der Waals surface area contributed by atoms with E-state index < -0.39 is 6.09 Å². The van der Waals surface area contributed by atoms with Crippen LogP contribution in [-0.4, -0.2) is 26.9 Å². The molecule has 2 N–H and O–H groups in total. The van der Waals surface area contributed by atoms with Crippen molar-refractivity contribution < 1.29 is 14.3 Å². The predicted octanol–water partition coefficient (Wildman–Crippen LogP) is 4.61. The number of carbonyl (C=O) groups is 1. The molecule has 160 valence electrons. The first-order valence-electron chi connectivity index (χ1n) is 10.6. The molecule has 1 atom stereocenters. The van der Waals surface area contributed by atoms with Gasteiger partial charge in [-0.2, -0.15) is 0 Å². The molecule has 0 radical (unpaired) electrons. The molecule has 5 heteroatoms. The lowest BCUT2D eigenvalue weighted by Gasteiger charge is -2.30. The maximum absolute atomic E-state index is 12.1. The first-order chi connectivity index (χ1) is 14.1. The molecule has 0 heterocycles. The average molecular weight is 409 g/mol. The van der Waals surface area contributed by atoms with Crippen molar-refractivity contribution in [1.29, 1.82) is 0 Å². The van der Waals surface area contributed by atoms with Crippen molar-refractivity contribution in [3.05, 3.63) is 58.7 Å². The number of benzene rings is 2. The number of fused-ring (bicyclic) bond motifs is 4. The van der Waals surface area contributed by atoms with E-state index in [-0.39, 0.29) is 16.2 Å². The zero-order valence-corrected chi connectivity index (χ0v) is 18.8. The van der Waals surface area contributed by atoms with Gasteiger partial charge in [0, 0.05) is 5.41 Å². The van der Waals surface area contributed by atoms with E-state index in [0.29, 0.717) is 12.4 Å². The number of carbonyl (C=O) groups excluding carboxylic acids is 1. The van der Waals surface area contributed by atoms with Gasteiger partial charge in [-0.25, -0.2) is 4.79 Å². The van der Waals surface area contributed by atoms with Crippen LogP contribution in [0.25, 0.3) is 0 Å². The summed E-state index contributed by atoms with van der Waals surface area (Å²) in [4.78, 5) is 12.1. The third-order valence-electron chi connectivity index (χ3n) is 6.81. The van der Waals surface area contributed by atoms with Crippen LogP contribution in [0.4, 0.5) is 4.79 Å². The summed E-state index contributed by atoms with van der Waals surface area (Å²) in [5.74, 6) is 1.46. The fourth-order valence-corrected chi connectivity index (χ4v) is 5.80. The van der Waals surface area contributed by atoms with Crippen LogP contribution in [0.2, 0.25) is 0 Å². The first kappa shape index (κ1) is 20.7. The Balaban J connectivity index is 1.83. The predicted molar refractivity (Wildman–Crippen MR) is 119 cm³/mol. The third kappa shape index (κ3) is 3.16. The molecule has 1 unspecified atom stereocenters. The molecule has 2 aliphatic rings. The number of rotatable bonds is 4. The molecular formula is C25H32N2O3. The van der Waals surface area contributed by atoms with Crippen molar-refractivity contribution in [1.82, 2.24) is 10.6 Å². The Labute approximate surface area is 179 Å². The Kier molecular flexibility index (Phi) is 4.85. The lowest BCUT2D eigenvalue weighted by Crippen LogP contribution is -2.33. The Morgan fingerprint density at radius 1 is 0.900 bits per heavy atom. The highest BCUT2D eigenvalue weighted by molar-refractivity contribution is 5.71. The largest absolute Gasteiger partial charge is 0.497 e. The van der Waals surface area contributed by atoms with Gasteiger partial charge in [0.05, 0.1) is 13.8 Å². The number of methoxy groups -OCH3 is 1. The van der Waals surface area contributed by atoms with Gasteiger partial charge >= 0.3 is 6.09 Å². The molecule has 0 saturated heterocycles. The van der Waals surface area contributed by atoms with Crippen LogP contribution >= 0.6 is 0 Å². The Hall–Kier alpha value is -2.53. The maximum atomic E-state index is 12.1. The molecule has 4 rings (SSSR count). The number of hydrogen-bond donors (Lipinski definition) is 2. The van der Waals surface area contributed by atoms with Gasteiger partial charge in [-0.15, -0.1) is 0 Å². The number of ether oxygens (including phenoxy) is 2. The molecule has 0 bridgehead atoms. The molecule has 0 aromatic heterocycles. The zero-order valence-electron chi connectivity index (χ0n) is 18.8.